The predicted octanol–water partition coefficient (Wildman–Crippen LogP) is 3.29. The first-order chi connectivity index (χ1) is 7.66. The van der Waals surface area contributed by atoms with Gasteiger partial charge in [0.25, 0.3) is 0 Å². The van der Waals surface area contributed by atoms with Gasteiger partial charge in [0.15, 0.2) is 0 Å². The molecule has 1 aliphatic rings. The van der Waals surface area contributed by atoms with Crippen LogP contribution in [0.25, 0.3) is 0 Å². The summed E-state index contributed by atoms with van der Waals surface area (Å²) >= 11 is 11.5. The van der Waals surface area contributed by atoms with Crippen molar-refractivity contribution in [2.24, 2.45) is 5.92 Å². The second kappa shape index (κ2) is 4.85. The lowest BCUT2D eigenvalue weighted by Crippen LogP contribution is -2.21. The Balaban J connectivity index is 2.03. The number of hydrogen-bond donors (Lipinski definition) is 1. The molecule has 0 bridgehead atoms. The smallest absolute Gasteiger partial charge is 0.229 e. The fraction of sp³-hybridized carbons (Fsp3) is 0.273. The Morgan fingerprint density at radius 1 is 1.31 bits per heavy atom. The Morgan fingerprint density at radius 3 is 2.62 bits per heavy atom. The molecule has 1 amide bonds. The first kappa shape index (κ1) is 11.4. The van der Waals surface area contributed by atoms with Crippen LogP contribution in [0, 0.1) is 5.92 Å². The molecule has 1 heterocycles. The molecule has 5 heteroatoms. The van der Waals surface area contributed by atoms with Crippen LogP contribution in [0.15, 0.2) is 24.3 Å². The SMILES string of the molecule is O=C(Nc1ccc(Cl)c(Cl)n1)C1CC=CC1. The maximum absolute atomic E-state index is 11.7. The van der Waals surface area contributed by atoms with Crippen molar-refractivity contribution in [3.63, 3.8) is 0 Å². The molecule has 0 aliphatic heterocycles. The van der Waals surface area contributed by atoms with Crippen molar-refractivity contribution in [1.29, 1.82) is 0 Å². The molecule has 0 atom stereocenters. The van der Waals surface area contributed by atoms with Crippen LogP contribution in [-0.2, 0) is 4.79 Å². The molecule has 0 unspecified atom stereocenters. The minimum Gasteiger partial charge on any atom is -0.310 e. The standard InChI is InChI=1S/C11H10Cl2N2O/c12-8-5-6-9(14-10(8)13)15-11(16)7-3-1-2-4-7/h1-2,5-7H,3-4H2,(H,14,15,16). The number of hydrogen-bond acceptors (Lipinski definition) is 2. The van der Waals surface area contributed by atoms with Crippen molar-refractivity contribution in [3.8, 4) is 0 Å². The van der Waals surface area contributed by atoms with Crippen LogP contribution in [0.5, 0.6) is 0 Å². The Morgan fingerprint density at radius 2 is 2.00 bits per heavy atom. The molecule has 0 radical (unpaired) electrons. The van der Waals surface area contributed by atoms with Crippen LogP contribution >= 0.6 is 23.2 Å². The average molecular weight is 257 g/mol. The number of aromatic nitrogens is 1. The van der Waals surface area contributed by atoms with Crippen LogP contribution in [0.4, 0.5) is 5.82 Å². The summed E-state index contributed by atoms with van der Waals surface area (Å²) in [5, 5.41) is 3.29. The van der Waals surface area contributed by atoms with Gasteiger partial charge >= 0.3 is 0 Å². The third-order valence-electron chi connectivity index (χ3n) is 2.43. The van der Waals surface area contributed by atoms with Gasteiger partial charge in [-0.1, -0.05) is 35.4 Å². The van der Waals surface area contributed by atoms with E-state index in [0.29, 0.717) is 10.8 Å². The van der Waals surface area contributed by atoms with Gasteiger partial charge in [0.1, 0.15) is 11.0 Å². The number of pyridine rings is 1. The number of halogens is 2. The summed E-state index contributed by atoms with van der Waals surface area (Å²) in [6, 6.07) is 3.24. The molecule has 0 aromatic carbocycles. The maximum Gasteiger partial charge on any atom is 0.229 e. The predicted molar refractivity (Wildman–Crippen MR) is 64.8 cm³/mol. The maximum atomic E-state index is 11.7. The zero-order chi connectivity index (χ0) is 11.5. The van der Waals surface area contributed by atoms with E-state index in [-0.39, 0.29) is 17.0 Å². The Bertz CT molecular complexity index is 438. The number of anilines is 1. The molecule has 16 heavy (non-hydrogen) atoms. The van der Waals surface area contributed by atoms with Crippen LogP contribution in [0.3, 0.4) is 0 Å². The molecule has 3 nitrogen and oxygen atoms in total. The van der Waals surface area contributed by atoms with Gasteiger partial charge in [-0.2, -0.15) is 0 Å². The van der Waals surface area contributed by atoms with Gasteiger partial charge in [0, 0.05) is 5.92 Å². The number of carbonyl (C=O) groups excluding carboxylic acids is 1. The van der Waals surface area contributed by atoms with E-state index in [1.807, 2.05) is 12.2 Å². The van der Waals surface area contributed by atoms with Crippen molar-refractivity contribution >= 4 is 34.9 Å². The Kier molecular flexibility index (Phi) is 3.46. The number of allylic oxidation sites excluding steroid dienone is 2. The van der Waals surface area contributed by atoms with Crippen molar-refractivity contribution in [2.45, 2.75) is 12.8 Å². The van der Waals surface area contributed by atoms with E-state index >= 15 is 0 Å². The van der Waals surface area contributed by atoms with Gasteiger partial charge in [-0.15, -0.1) is 0 Å². The lowest BCUT2D eigenvalue weighted by Gasteiger charge is -2.09. The van der Waals surface area contributed by atoms with Crippen LogP contribution in [-0.4, -0.2) is 10.9 Å². The van der Waals surface area contributed by atoms with Crippen molar-refractivity contribution in [3.05, 3.63) is 34.5 Å². The Labute approximate surface area is 103 Å². The molecular formula is C11H10Cl2N2O. The molecular weight excluding hydrogens is 247 g/mol. The molecule has 0 saturated heterocycles. The number of nitrogens with zero attached hydrogens (tertiary/aromatic N) is 1. The van der Waals surface area contributed by atoms with Crippen LogP contribution in [0.1, 0.15) is 12.8 Å². The highest BCUT2D eigenvalue weighted by atomic mass is 35.5. The summed E-state index contributed by atoms with van der Waals surface area (Å²) in [5.41, 5.74) is 0. The molecule has 0 spiro atoms. The highest BCUT2D eigenvalue weighted by Gasteiger charge is 2.19. The van der Waals surface area contributed by atoms with Crippen molar-refractivity contribution in [2.75, 3.05) is 5.32 Å². The highest BCUT2D eigenvalue weighted by molar-refractivity contribution is 6.41. The summed E-state index contributed by atoms with van der Waals surface area (Å²) in [7, 11) is 0. The molecule has 1 N–H and O–H groups in total. The number of amides is 1. The van der Waals surface area contributed by atoms with E-state index in [2.05, 4.69) is 10.3 Å². The fourth-order valence-corrected chi connectivity index (χ4v) is 1.81. The zero-order valence-electron chi connectivity index (χ0n) is 8.41. The van der Waals surface area contributed by atoms with E-state index in [0.717, 1.165) is 12.8 Å². The van der Waals surface area contributed by atoms with Crippen LogP contribution < -0.4 is 5.32 Å². The summed E-state index contributed by atoms with van der Waals surface area (Å²) < 4.78 is 0. The van der Waals surface area contributed by atoms with Gasteiger partial charge in [0.05, 0.1) is 5.02 Å². The second-order valence-corrected chi connectivity index (χ2v) is 4.36. The molecule has 1 aromatic heterocycles. The molecule has 1 aromatic rings. The summed E-state index contributed by atoms with van der Waals surface area (Å²) in [6.07, 6.45) is 5.58. The summed E-state index contributed by atoms with van der Waals surface area (Å²) in [5.74, 6) is 0.415. The van der Waals surface area contributed by atoms with E-state index in [9.17, 15) is 4.79 Å². The van der Waals surface area contributed by atoms with E-state index in [1.165, 1.54) is 0 Å². The molecule has 2 rings (SSSR count). The van der Waals surface area contributed by atoms with Gasteiger partial charge in [-0.05, 0) is 25.0 Å². The first-order valence-electron chi connectivity index (χ1n) is 4.94. The van der Waals surface area contributed by atoms with Crippen molar-refractivity contribution in [1.82, 2.24) is 4.98 Å². The first-order valence-corrected chi connectivity index (χ1v) is 5.70. The average Bonchev–Trinajstić information content (AvgIpc) is 2.77. The minimum absolute atomic E-state index is 0.0104. The van der Waals surface area contributed by atoms with Crippen LogP contribution in [0.2, 0.25) is 10.2 Å². The van der Waals surface area contributed by atoms with Gasteiger partial charge in [-0.25, -0.2) is 4.98 Å². The largest absolute Gasteiger partial charge is 0.310 e. The van der Waals surface area contributed by atoms with E-state index in [1.54, 1.807) is 12.1 Å². The van der Waals surface area contributed by atoms with Gasteiger partial charge in [0.2, 0.25) is 5.91 Å². The van der Waals surface area contributed by atoms with Gasteiger partial charge in [-0.3, -0.25) is 4.79 Å². The van der Waals surface area contributed by atoms with E-state index < -0.39 is 0 Å². The topological polar surface area (TPSA) is 42.0 Å². The Hall–Kier alpha value is -1.06. The normalized spacial score (nSPS) is 15.4. The summed E-state index contributed by atoms with van der Waals surface area (Å²) in [4.78, 5) is 15.7. The summed E-state index contributed by atoms with van der Waals surface area (Å²) in [6.45, 7) is 0. The molecule has 0 fully saturated rings. The van der Waals surface area contributed by atoms with E-state index in [4.69, 9.17) is 23.2 Å². The molecule has 0 saturated carbocycles. The monoisotopic (exact) mass is 256 g/mol. The van der Waals surface area contributed by atoms with Gasteiger partial charge < -0.3 is 5.32 Å². The molecule has 84 valence electrons. The fourth-order valence-electron chi connectivity index (χ4n) is 1.55. The minimum atomic E-state index is -0.0316. The third-order valence-corrected chi connectivity index (χ3v) is 3.12. The zero-order valence-corrected chi connectivity index (χ0v) is 9.92. The number of nitrogens with one attached hydrogen (secondary N) is 1. The lowest BCUT2D eigenvalue weighted by molar-refractivity contribution is -0.119. The highest BCUT2D eigenvalue weighted by Crippen LogP contribution is 2.23. The second-order valence-electron chi connectivity index (χ2n) is 3.60. The quantitative estimate of drug-likeness (QED) is 0.652. The lowest BCUT2D eigenvalue weighted by atomic mass is 10.1. The molecule has 1 aliphatic carbocycles. The van der Waals surface area contributed by atoms with Crippen molar-refractivity contribution < 1.29 is 4.79 Å². The number of carbonyl (C=O) groups is 1. The third kappa shape index (κ3) is 2.54. The number of rotatable bonds is 2.